The average molecular weight is 393 g/mol. The maximum Gasteiger partial charge on any atom is 0.338 e. The van der Waals surface area contributed by atoms with Crippen molar-refractivity contribution in [2.45, 2.75) is 13.0 Å². The van der Waals surface area contributed by atoms with Crippen LogP contribution >= 0.6 is 11.6 Å². The molecular weight excluding hydrogens is 376 g/mol. The number of rotatable bonds is 7. The first-order valence-electron chi connectivity index (χ1n) is 7.86. The molecule has 0 saturated heterocycles. The number of carbonyl (C=O) groups excluding carboxylic acids is 2. The smallest absolute Gasteiger partial charge is 0.338 e. The minimum absolute atomic E-state index is 0.0165. The van der Waals surface area contributed by atoms with Gasteiger partial charge in [0, 0.05) is 11.1 Å². The minimum Gasteiger partial charge on any atom is -0.490 e. The van der Waals surface area contributed by atoms with E-state index in [1.807, 2.05) is 0 Å². The SMILES string of the molecule is COc1ccc(C(=O)OCC(=O)N[C@H](C)c2ccccc2Cl)cc1[N+](=O)[O-]. The van der Waals surface area contributed by atoms with Gasteiger partial charge in [-0.05, 0) is 30.7 Å². The van der Waals surface area contributed by atoms with Gasteiger partial charge in [-0.3, -0.25) is 14.9 Å². The van der Waals surface area contributed by atoms with Crippen LogP contribution in [0.25, 0.3) is 0 Å². The van der Waals surface area contributed by atoms with E-state index in [9.17, 15) is 19.7 Å². The van der Waals surface area contributed by atoms with Crippen molar-refractivity contribution in [2.75, 3.05) is 13.7 Å². The van der Waals surface area contributed by atoms with E-state index < -0.39 is 23.4 Å². The molecule has 0 fully saturated rings. The molecule has 8 nitrogen and oxygen atoms in total. The van der Waals surface area contributed by atoms with E-state index in [4.69, 9.17) is 21.1 Å². The van der Waals surface area contributed by atoms with Gasteiger partial charge in [-0.2, -0.15) is 0 Å². The van der Waals surface area contributed by atoms with E-state index in [1.54, 1.807) is 31.2 Å². The first-order valence-corrected chi connectivity index (χ1v) is 8.24. The molecule has 0 aliphatic heterocycles. The molecule has 2 aromatic carbocycles. The van der Waals surface area contributed by atoms with Gasteiger partial charge < -0.3 is 14.8 Å². The highest BCUT2D eigenvalue weighted by atomic mass is 35.5. The maximum absolute atomic E-state index is 12.0. The number of methoxy groups -OCH3 is 1. The second kappa shape index (κ2) is 9.00. The highest BCUT2D eigenvalue weighted by Crippen LogP contribution is 2.27. The van der Waals surface area contributed by atoms with Crippen molar-refractivity contribution in [3.8, 4) is 5.75 Å². The third-order valence-electron chi connectivity index (χ3n) is 3.69. The van der Waals surface area contributed by atoms with Gasteiger partial charge in [-0.25, -0.2) is 4.79 Å². The largest absolute Gasteiger partial charge is 0.490 e. The Morgan fingerprint density at radius 1 is 1.26 bits per heavy atom. The Bertz CT molecular complexity index is 871. The van der Waals surface area contributed by atoms with Crippen LogP contribution in [0.2, 0.25) is 5.02 Å². The van der Waals surface area contributed by atoms with Crippen molar-refractivity contribution in [1.29, 1.82) is 0 Å². The molecule has 0 aromatic heterocycles. The Balaban J connectivity index is 1.97. The standard InChI is InChI=1S/C18H17ClN2O6/c1-11(13-5-3-4-6-14(13)19)20-17(22)10-27-18(23)12-7-8-16(26-2)15(9-12)21(24)25/h3-9,11H,10H2,1-2H3,(H,20,22)/t11-/m1/s1. The Hall–Kier alpha value is -3.13. The normalized spacial score (nSPS) is 11.4. The lowest BCUT2D eigenvalue weighted by Gasteiger charge is -2.15. The second-order valence-electron chi connectivity index (χ2n) is 5.53. The fourth-order valence-corrected chi connectivity index (χ4v) is 2.66. The molecule has 0 bridgehead atoms. The van der Waals surface area contributed by atoms with Crippen molar-refractivity contribution in [2.24, 2.45) is 0 Å². The van der Waals surface area contributed by atoms with Crippen molar-refractivity contribution in [3.63, 3.8) is 0 Å². The molecule has 0 aliphatic rings. The van der Waals surface area contributed by atoms with Gasteiger partial charge in [0.05, 0.1) is 23.6 Å². The van der Waals surface area contributed by atoms with E-state index in [2.05, 4.69) is 5.32 Å². The van der Waals surface area contributed by atoms with Crippen LogP contribution in [0.4, 0.5) is 5.69 Å². The zero-order valence-electron chi connectivity index (χ0n) is 14.6. The van der Waals surface area contributed by atoms with E-state index in [-0.39, 0.29) is 23.0 Å². The van der Waals surface area contributed by atoms with Crippen molar-refractivity contribution >= 4 is 29.2 Å². The van der Waals surface area contributed by atoms with Gasteiger partial charge in [-0.1, -0.05) is 29.8 Å². The lowest BCUT2D eigenvalue weighted by Crippen LogP contribution is -2.31. The average Bonchev–Trinajstić information content (AvgIpc) is 2.65. The molecular formula is C18H17ClN2O6. The number of hydrogen-bond donors (Lipinski definition) is 1. The number of ether oxygens (including phenoxy) is 2. The van der Waals surface area contributed by atoms with Crippen LogP contribution in [0.3, 0.4) is 0 Å². The summed E-state index contributed by atoms with van der Waals surface area (Å²) in [5.41, 5.74) is 0.294. The van der Waals surface area contributed by atoms with Crippen LogP contribution in [-0.2, 0) is 9.53 Å². The number of halogens is 1. The van der Waals surface area contributed by atoms with Gasteiger partial charge >= 0.3 is 11.7 Å². The number of amides is 1. The predicted octanol–water partition coefficient (Wildman–Crippen LogP) is 3.29. The molecule has 0 unspecified atom stereocenters. The van der Waals surface area contributed by atoms with Crippen molar-refractivity contribution < 1.29 is 24.0 Å². The number of benzene rings is 2. The fourth-order valence-electron chi connectivity index (χ4n) is 2.36. The lowest BCUT2D eigenvalue weighted by molar-refractivity contribution is -0.385. The van der Waals surface area contributed by atoms with E-state index in [0.717, 1.165) is 11.6 Å². The van der Waals surface area contributed by atoms with Gasteiger partial charge in [0.1, 0.15) is 0 Å². The van der Waals surface area contributed by atoms with Gasteiger partial charge in [0.15, 0.2) is 12.4 Å². The third kappa shape index (κ3) is 5.18. The van der Waals surface area contributed by atoms with Crippen LogP contribution in [0.5, 0.6) is 5.75 Å². The van der Waals surface area contributed by atoms with Crippen molar-refractivity contribution in [3.05, 3.63) is 68.7 Å². The summed E-state index contributed by atoms with van der Waals surface area (Å²) in [7, 11) is 1.28. The number of nitro benzene ring substituents is 1. The molecule has 0 heterocycles. The van der Waals surface area contributed by atoms with Crippen LogP contribution < -0.4 is 10.1 Å². The molecule has 9 heteroatoms. The van der Waals surface area contributed by atoms with Crippen LogP contribution in [0, 0.1) is 10.1 Å². The first kappa shape index (κ1) is 20.2. The number of hydrogen-bond acceptors (Lipinski definition) is 6. The Morgan fingerprint density at radius 2 is 1.96 bits per heavy atom. The molecule has 0 spiro atoms. The lowest BCUT2D eigenvalue weighted by atomic mass is 10.1. The van der Waals surface area contributed by atoms with Crippen LogP contribution in [0.15, 0.2) is 42.5 Å². The molecule has 27 heavy (non-hydrogen) atoms. The molecule has 1 amide bonds. The number of carbonyl (C=O) groups is 2. The molecule has 2 aromatic rings. The molecule has 1 atom stereocenters. The van der Waals surface area contributed by atoms with Gasteiger partial charge in [-0.15, -0.1) is 0 Å². The van der Waals surface area contributed by atoms with Gasteiger partial charge in [0.2, 0.25) is 0 Å². The van der Waals surface area contributed by atoms with Gasteiger partial charge in [0.25, 0.3) is 5.91 Å². The summed E-state index contributed by atoms with van der Waals surface area (Å²) in [6, 6.07) is 10.3. The fraction of sp³-hybridized carbons (Fsp3) is 0.222. The summed E-state index contributed by atoms with van der Waals surface area (Å²) in [5.74, 6) is -1.37. The number of nitrogens with zero attached hydrogens (tertiary/aromatic N) is 1. The van der Waals surface area contributed by atoms with E-state index in [0.29, 0.717) is 5.02 Å². The zero-order chi connectivity index (χ0) is 20.0. The van der Waals surface area contributed by atoms with Crippen LogP contribution in [0.1, 0.15) is 28.9 Å². The van der Waals surface area contributed by atoms with E-state index in [1.165, 1.54) is 19.2 Å². The summed E-state index contributed by atoms with van der Waals surface area (Å²) in [6.45, 7) is 1.21. The predicted molar refractivity (Wildman–Crippen MR) is 97.9 cm³/mol. The van der Waals surface area contributed by atoms with E-state index >= 15 is 0 Å². The maximum atomic E-state index is 12.0. The molecule has 142 valence electrons. The Kier molecular flexibility index (Phi) is 6.73. The first-order chi connectivity index (χ1) is 12.8. The molecule has 0 radical (unpaired) electrons. The minimum atomic E-state index is -0.860. The highest BCUT2D eigenvalue weighted by Gasteiger charge is 2.20. The third-order valence-corrected chi connectivity index (χ3v) is 4.04. The molecule has 2 rings (SSSR count). The molecule has 1 N–H and O–H groups in total. The molecule has 0 saturated carbocycles. The summed E-state index contributed by atoms with van der Waals surface area (Å²) < 4.78 is 9.78. The number of esters is 1. The number of nitrogens with one attached hydrogen (secondary N) is 1. The number of nitro groups is 1. The summed E-state index contributed by atoms with van der Waals surface area (Å²) >= 11 is 6.07. The highest BCUT2D eigenvalue weighted by molar-refractivity contribution is 6.31. The Morgan fingerprint density at radius 3 is 2.59 bits per heavy atom. The van der Waals surface area contributed by atoms with Crippen LogP contribution in [-0.4, -0.2) is 30.5 Å². The second-order valence-corrected chi connectivity index (χ2v) is 5.94. The molecule has 0 aliphatic carbocycles. The summed E-state index contributed by atoms with van der Waals surface area (Å²) in [6.07, 6.45) is 0. The summed E-state index contributed by atoms with van der Waals surface area (Å²) in [4.78, 5) is 34.4. The Labute approximate surface area is 160 Å². The topological polar surface area (TPSA) is 108 Å². The summed E-state index contributed by atoms with van der Waals surface area (Å²) in [5, 5.41) is 14.2. The quantitative estimate of drug-likeness (QED) is 0.440. The zero-order valence-corrected chi connectivity index (χ0v) is 15.4. The monoisotopic (exact) mass is 392 g/mol. The van der Waals surface area contributed by atoms with Crippen molar-refractivity contribution in [1.82, 2.24) is 5.32 Å².